The summed E-state index contributed by atoms with van der Waals surface area (Å²) in [6.07, 6.45) is 0.942. The van der Waals surface area contributed by atoms with E-state index in [1.165, 1.54) is 0 Å². The molecule has 0 bridgehead atoms. The lowest BCUT2D eigenvalue weighted by Gasteiger charge is -2.28. The molecule has 0 aliphatic carbocycles. The molecule has 0 heterocycles. The summed E-state index contributed by atoms with van der Waals surface area (Å²) in [5.41, 5.74) is -0.0920. The number of hydrogen-bond acceptors (Lipinski definition) is 3. The summed E-state index contributed by atoms with van der Waals surface area (Å²) in [6, 6.07) is 0. The Morgan fingerprint density at radius 1 is 1.21 bits per heavy atom. The summed E-state index contributed by atoms with van der Waals surface area (Å²) in [5, 5.41) is 8.76. The molecule has 3 heteroatoms. The first-order valence-corrected chi connectivity index (χ1v) is 5.31. The van der Waals surface area contributed by atoms with Gasteiger partial charge in [-0.25, -0.2) is 0 Å². The molecule has 0 aromatic rings. The number of ether oxygens (including phenoxy) is 2. The lowest BCUT2D eigenvalue weighted by atomic mass is 10.1. The zero-order valence-electron chi connectivity index (χ0n) is 10.0. The van der Waals surface area contributed by atoms with Gasteiger partial charge in [0.05, 0.1) is 31.0 Å². The number of aliphatic hydroxyl groups is 1. The molecule has 0 saturated carbocycles. The van der Waals surface area contributed by atoms with E-state index in [-0.39, 0.29) is 24.4 Å². The number of aliphatic hydroxyl groups excluding tert-OH is 1. The van der Waals surface area contributed by atoms with E-state index in [0.29, 0.717) is 6.61 Å². The van der Waals surface area contributed by atoms with Crippen molar-refractivity contribution in [2.24, 2.45) is 0 Å². The van der Waals surface area contributed by atoms with Crippen LogP contribution in [-0.4, -0.2) is 36.1 Å². The van der Waals surface area contributed by atoms with Gasteiger partial charge in [0.15, 0.2) is 0 Å². The van der Waals surface area contributed by atoms with Gasteiger partial charge in [0.25, 0.3) is 0 Å². The molecule has 86 valence electrons. The van der Waals surface area contributed by atoms with E-state index in [1.807, 2.05) is 13.8 Å². The third-order valence-electron chi connectivity index (χ3n) is 2.24. The van der Waals surface area contributed by atoms with Gasteiger partial charge in [-0.05, 0) is 34.1 Å². The predicted octanol–water partition coefficient (Wildman–Crippen LogP) is 1.98. The molecule has 0 radical (unpaired) electrons. The molecule has 0 saturated heterocycles. The molecule has 0 aromatic carbocycles. The van der Waals surface area contributed by atoms with Crippen LogP contribution in [-0.2, 0) is 9.47 Å². The van der Waals surface area contributed by atoms with Crippen LogP contribution in [0.25, 0.3) is 0 Å². The van der Waals surface area contributed by atoms with Crippen LogP contribution in [0.3, 0.4) is 0 Å². The Morgan fingerprint density at radius 2 is 1.79 bits per heavy atom. The molecule has 14 heavy (non-hydrogen) atoms. The summed E-state index contributed by atoms with van der Waals surface area (Å²) in [6.45, 7) is 10.7. The molecule has 0 fully saturated rings. The fourth-order valence-electron chi connectivity index (χ4n) is 1.01. The first-order valence-electron chi connectivity index (χ1n) is 5.31. The summed E-state index contributed by atoms with van der Waals surface area (Å²) in [4.78, 5) is 0. The quantitative estimate of drug-likeness (QED) is 0.689. The highest BCUT2D eigenvalue weighted by Crippen LogP contribution is 2.16. The van der Waals surface area contributed by atoms with Gasteiger partial charge in [-0.1, -0.05) is 6.92 Å². The second-order valence-electron chi connectivity index (χ2n) is 4.37. The second-order valence-corrected chi connectivity index (χ2v) is 4.37. The Kier molecular flexibility index (Phi) is 6.33. The first-order chi connectivity index (χ1) is 6.41. The highest BCUT2D eigenvalue weighted by molar-refractivity contribution is 4.67. The van der Waals surface area contributed by atoms with Gasteiger partial charge in [-0.2, -0.15) is 0 Å². The largest absolute Gasteiger partial charge is 0.394 e. The van der Waals surface area contributed by atoms with E-state index >= 15 is 0 Å². The molecule has 2 atom stereocenters. The maximum Gasteiger partial charge on any atom is 0.0787 e. The van der Waals surface area contributed by atoms with E-state index < -0.39 is 0 Å². The zero-order valence-corrected chi connectivity index (χ0v) is 10.0. The summed E-state index contributed by atoms with van der Waals surface area (Å²) in [7, 11) is 0. The van der Waals surface area contributed by atoms with Crippen LogP contribution in [0.4, 0.5) is 0 Å². The Hall–Kier alpha value is -0.120. The fourth-order valence-corrected chi connectivity index (χ4v) is 1.01. The van der Waals surface area contributed by atoms with Gasteiger partial charge in [0.1, 0.15) is 0 Å². The van der Waals surface area contributed by atoms with Crippen molar-refractivity contribution < 1.29 is 14.6 Å². The van der Waals surface area contributed by atoms with Crippen LogP contribution < -0.4 is 0 Å². The van der Waals surface area contributed by atoms with Crippen LogP contribution in [0.2, 0.25) is 0 Å². The standard InChI is InChI=1S/C11H24O3/c1-6-11(4,5)14-10(3)8-13-9(2)7-12/h9-10,12H,6-8H2,1-5H3. The van der Waals surface area contributed by atoms with Gasteiger partial charge in [0, 0.05) is 0 Å². The van der Waals surface area contributed by atoms with Crippen molar-refractivity contribution in [1.82, 2.24) is 0 Å². The lowest BCUT2D eigenvalue weighted by molar-refractivity contribution is -0.108. The molecule has 0 spiro atoms. The van der Waals surface area contributed by atoms with Crippen LogP contribution in [0, 0.1) is 0 Å². The van der Waals surface area contributed by atoms with Crippen molar-refractivity contribution in [1.29, 1.82) is 0 Å². The molecule has 0 amide bonds. The average molecular weight is 204 g/mol. The maximum absolute atomic E-state index is 8.76. The fraction of sp³-hybridized carbons (Fsp3) is 1.00. The first kappa shape index (κ1) is 13.9. The topological polar surface area (TPSA) is 38.7 Å². The van der Waals surface area contributed by atoms with Crippen LogP contribution in [0.5, 0.6) is 0 Å². The predicted molar refractivity (Wildman–Crippen MR) is 57.4 cm³/mol. The molecule has 2 unspecified atom stereocenters. The van der Waals surface area contributed by atoms with Crippen molar-refractivity contribution in [3.05, 3.63) is 0 Å². The van der Waals surface area contributed by atoms with Crippen LogP contribution in [0.15, 0.2) is 0 Å². The van der Waals surface area contributed by atoms with Crippen molar-refractivity contribution in [2.75, 3.05) is 13.2 Å². The van der Waals surface area contributed by atoms with Gasteiger partial charge >= 0.3 is 0 Å². The Balaban J connectivity index is 3.70. The number of rotatable bonds is 7. The van der Waals surface area contributed by atoms with Gasteiger partial charge in [-0.3, -0.25) is 0 Å². The van der Waals surface area contributed by atoms with E-state index in [0.717, 1.165) is 6.42 Å². The summed E-state index contributed by atoms with van der Waals surface area (Å²) in [5.74, 6) is 0. The minimum absolute atomic E-state index is 0.0594. The third kappa shape index (κ3) is 6.35. The number of hydrogen-bond donors (Lipinski definition) is 1. The molecular formula is C11H24O3. The Bertz CT molecular complexity index is 145. The van der Waals surface area contributed by atoms with Gasteiger partial charge < -0.3 is 14.6 Å². The Morgan fingerprint density at radius 3 is 2.21 bits per heavy atom. The average Bonchev–Trinajstić information content (AvgIpc) is 2.13. The SMILES string of the molecule is CCC(C)(C)OC(C)COC(C)CO. The van der Waals surface area contributed by atoms with E-state index in [4.69, 9.17) is 14.6 Å². The zero-order chi connectivity index (χ0) is 11.2. The second kappa shape index (κ2) is 6.38. The van der Waals surface area contributed by atoms with E-state index in [1.54, 1.807) is 0 Å². The van der Waals surface area contributed by atoms with Crippen molar-refractivity contribution in [2.45, 2.75) is 58.8 Å². The molecule has 0 rings (SSSR count). The van der Waals surface area contributed by atoms with Crippen molar-refractivity contribution in [3.63, 3.8) is 0 Å². The smallest absolute Gasteiger partial charge is 0.0787 e. The van der Waals surface area contributed by atoms with Crippen LogP contribution >= 0.6 is 0 Å². The maximum atomic E-state index is 8.76. The van der Waals surface area contributed by atoms with Crippen molar-refractivity contribution >= 4 is 0 Å². The van der Waals surface area contributed by atoms with Crippen LogP contribution in [0.1, 0.15) is 41.0 Å². The van der Waals surface area contributed by atoms with E-state index in [9.17, 15) is 0 Å². The molecule has 1 N–H and O–H groups in total. The molecule has 3 nitrogen and oxygen atoms in total. The Labute approximate surface area is 87.4 Å². The highest BCUT2D eigenvalue weighted by Gasteiger charge is 2.19. The highest BCUT2D eigenvalue weighted by atomic mass is 16.6. The molecule has 0 aliphatic heterocycles. The monoisotopic (exact) mass is 204 g/mol. The summed E-state index contributed by atoms with van der Waals surface area (Å²) < 4.78 is 11.1. The summed E-state index contributed by atoms with van der Waals surface area (Å²) >= 11 is 0. The molecular weight excluding hydrogens is 180 g/mol. The minimum Gasteiger partial charge on any atom is -0.394 e. The van der Waals surface area contributed by atoms with Crippen molar-refractivity contribution in [3.8, 4) is 0 Å². The lowest BCUT2D eigenvalue weighted by Crippen LogP contribution is -2.32. The normalized spacial score (nSPS) is 16.7. The van der Waals surface area contributed by atoms with Gasteiger partial charge in [-0.15, -0.1) is 0 Å². The molecule has 0 aromatic heterocycles. The van der Waals surface area contributed by atoms with E-state index in [2.05, 4.69) is 20.8 Å². The minimum atomic E-state index is -0.106. The third-order valence-corrected chi connectivity index (χ3v) is 2.24. The molecule has 0 aliphatic rings. The van der Waals surface area contributed by atoms with Gasteiger partial charge in [0.2, 0.25) is 0 Å².